The van der Waals surface area contributed by atoms with Crippen molar-refractivity contribution in [3.05, 3.63) is 0 Å². The van der Waals surface area contributed by atoms with Gasteiger partial charge in [-0.15, -0.1) is 0 Å². The smallest absolute Gasteiger partial charge is 0.227 e. The van der Waals surface area contributed by atoms with Crippen LogP contribution in [0.1, 0.15) is 66.2 Å². The Balaban J connectivity index is 2.24. The van der Waals surface area contributed by atoms with Gasteiger partial charge in [0.25, 0.3) is 0 Å². The molecular formula is C15H30N2O. The fourth-order valence-electron chi connectivity index (χ4n) is 2.41. The van der Waals surface area contributed by atoms with Crippen molar-refractivity contribution >= 4 is 5.91 Å². The van der Waals surface area contributed by atoms with E-state index in [1.54, 1.807) is 0 Å². The Morgan fingerprint density at radius 1 is 1.22 bits per heavy atom. The van der Waals surface area contributed by atoms with Crippen LogP contribution in [-0.4, -0.2) is 18.0 Å². The lowest BCUT2D eigenvalue weighted by Crippen LogP contribution is -2.55. The fourth-order valence-corrected chi connectivity index (χ4v) is 2.41. The van der Waals surface area contributed by atoms with E-state index < -0.39 is 11.0 Å². The number of rotatable bonds is 6. The second-order valence-corrected chi connectivity index (χ2v) is 6.90. The molecule has 1 rings (SSSR count). The summed E-state index contributed by atoms with van der Waals surface area (Å²) in [5.74, 6) is 0.974. The van der Waals surface area contributed by atoms with Crippen molar-refractivity contribution in [1.82, 2.24) is 5.32 Å². The van der Waals surface area contributed by atoms with Crippen molar-refractivity contribution in [1.29, 1.82) is 0 Å². The maximum absolute atomic E-state index is 12.1. The molecule has 0 atom stereocenters. The maximum atomic E-state index is 12.1. The topological polar surface area (TPSA) is 55.1 Å². The summed E-state index contributed by atoms with van der Waals surface area (Å²) in [5.41, 5.74) is 5.03. The van der Waals surface area contributed by atoms with E-state index in [1.807, 2.05) is 27.7 Å². The fraction of sp³-hybridized carbons (Fsp3) is 0.933. The highest BCUT2D eigenvalue weighted by atomic mass is 16.2. The molecule has 3 heteroatoms. The molecule has 0 aliphatic heterocycles. The van der Waals surface area contributed by atoms with Crippen LogP contribution in [0, 0.1) is 11.3 Å². The van der Waals surface area contributed by atoms with Gasteiger partial charge in [0.2, 0.25) is 5.91 Å². The number of nitrogens with one attached hydrogen (secondary N) is 1. The van der Waals surface area contributed by atoms with E-state index >= 15 is 0 Å². The third kappa shape index (κ3) is 3.98. The number of amides is 1. The van der Waals surface area contributed by atoms with Crippen molar-refractivity contribution in [2.24, 2.45) is 17.1 Å². The first-order valence-electron chi connectivity index (χ1n) is 7.32. The molecule has 3 N–H and O–H groups in total. The summed E-state index contributed by atoms with van der Waals surface area (Å²) in [4.78, 5) is 12.1. The molecule has 0 aromatic heterocycles. The van der Waals surface area contributed by atoms with Gasteiger partial charge >= 0.3 is 0 Å². The normalized spacial score (nSPS) is 18.1. The minimum absolute atomic E-state index is 0.0708. The molecular weight excluding hydrogens is 224 g/mol. The van der Waals surface area contributed by atoms with Crippen molar-refractivity contribution in [2.75, 3.05) is 6.54 Å². The Kier molecular flexibility index (Phi) is 5.20. The van der Waals surface area contributed by atoms with Gasteiger partial charge in [-0.05, 0) is 46.5 Å². The third-order valence-electron chi connectivity index (χ3n) is 4.73. The number of carbonyl (C=O) groups excluding carboxylic acids is 1. The molecule has 106 valence electrons. The zero-order valence-corrected chi connectivity index (χ0v) is 12.5. The number of nitrogens with two attached hydrogens (primary N) is 1. The lowest BCUT2D eigenvalue weighted by atomic mass is 9.74. The molecule has 1 amide bonds. The van der Waals surface area contributed by atoms with Crippen LogP contribution < -0.4 is 11.1 Å². The monoisotopic (exact) mass is 254 g/mol. The first-order chi connectivity index (χ1) is 8.25. The summed E-state index contributed by atoms with van der Waals surface area (Å²) >= 11 is 0. The lowest BCUT2D eigenvalue weighted by molar-refractivity contribution is -0.132. The van der Waals surface area contributed by atoms with Crippen LogP contribution >= 0.6 is 0 Å². The van der Waals surface area contributed by atoms with Crippen molar-refractivity contribution in [3.8, 4) is 0 Å². The summed E-state index contributed by atoms with van der Waals surface area (Å²) in [6.45, 7) is 8.43. The molecule has 3 nitrogen and oxygen atoms in total. The molecule has 1 fully saturated rings. The second-order valence-electron chi connectivity index (χ2n) is 6.90. The van der Waals surface area contributed by atoms with E-state index in [4.69, 9.17) is 5.73 Å². The van der Waals surface area contributed by atoms with Gasteiger partial charge in [0.05, 0.1) is 5.41 Å². The number of hydrogen-bond acceptors (Lipinski definition) is 2. The van der Waals surface area contributed by atoms with Crippen LogP contribution in [0.5, 0.6) is 0 Å². The zero-order chi connectivity index (χ0) is 13.8. The van der Waals surface area contributed by atoms with Crippen molar-refractivity contribution in [3.63, 3.8) is 0 Å². The standard InChI is InChI=1S/C15H30N2O/c1-14(2,15(3,4)16)13(18)17-11-7-10-12-8-5-6-9-12/h12H,5-11,16H2,1-4H3,(H,17,18). The maximum Gasteiger partial charge on any atom is 0.227 e. The second kappa shape index (κ2) is 6.05. The molecule has 18 heavy (non-hydrogen) atoms. The van der Waals surface area contributed by atoms with E-state index in [1.165, 1.54) is 32.1 Å². The molecule has 1 aliphatic carbocycles. The summed E-state index contributed by atoms with van der Waals surface area (Å²) in [6, 6.07) is 0. The largest absolute Gasteiger partial charge is 0.356 e. The molecule has 0 radical (unpaired) electrons. The van der Waals surface area contributed by atoms with Gasteiger partial charge in [0, 0.05) is 12.1 Å². The molecule has 0 heterocycles. The average Bonchev–Trinajstić information content (AvgIpc) is 2.75. The van der Waals surface area contributed by atoms with Gasteiger partial charge in [-0.25, -0.2) is 0 Å². The Bertz CT molecular complexity index is 273. The van der Waals surface area contributed by atoms with Gasteiger partial charge in [-0.1, -0.05) is 25.7 Å². The highest BCUT2D eigenvalue weighted by Crippen LogP contribution is 2.29. The SMILES string of the molecule is CC(C)(N)C(C)(C)C(=O)NCCCC1CCCC1. The Hall–Kier alpha value is -0.570. The van der Waals surface area contributed by atoms with Gasteiger partial charge in [-0.2, -0.15) is 0 Å². The first kappa shape index (κ1) is 15.5. The minimum Gasteiger partial charge on any atom is -0.356 e. The van der Waals surface area contributed by atoms with E-state index in [0.29, 0.717) is 0 Å². The Labute approximate surface area is 112 Å². The van der Waals surface area contributed by atoms with Gasteiger partial charge in [0.1, 0.15) is 0 Å². The Morgan fingerprint density at radius 2 is 1.78 bits per heavy atom. The molecule has 0 spiro atoms. The van der Waals surface area contributed by atoms with E-state index in [2.05, 4.69) is 5.32 Å². The Morgan fingerprint density at radius 3 is 2.28 bits per heavy atom. The van der Waals surface area contributed by atoms with Crippen LogP contribution in [0.25, 0.3) is 0 Å². The molecule has 0 bridgehead atoms. The summed E-state index contributed by atoms with van der Waals surface area (Å²) in [7, 11) is 0. The van der Waals surface area contributed by atoms with E-state index in [0.717, 1.165) is 18.9 Å². The predicted molar refractivity (Wildman–Crippen MR) is 76.2 cm³/mol. The van der Waals surface area contributed by atoms with Gasteiger partial charge in [-0.3, -0.25) is 4.79 Å². The summed E-state index contributed by atoms with van der Waals surface area (Å²) in [5, 5.41) is 3.03. The average molecular weight is 254 g/mol. The first-order valence-corrected chi connectivity index (χ1v) is 7.32. The molecule has 0 unspecified atom stereocenters. The molecule has 0 aromatic carbocycles. The van der Waals surface area contributed by atoms with E-state index in [-0.39, 0.29) is 5.91 Å². The van der Waals surface area contributed by atoms with Crippen molar-refractivity contribution < 1.29 is 4.79 Å². The molecule has 1 aliphatic rings. The van der Waals surface area contributed by atoms with Crippen LogP contribution in [0.3, 0.4) is 0 Å². The third-order valence-corrected chi connectivity index (χ3v) is 4.73. The highest BCUT2D eigenvalue weighted by Gasteiger charge is 2.40. The number of hydrogen-bond donors (Lipinski definition) is 2. The zero-order valence-electron chi connectivity index (χ0n) is 12.5. The highest BCUT2D eigenvalue weighted by molar-refractivity contribution is 5.83. The quantitative estimate of drug-likeness (QED) is 0.716. The molecule has 0 saturated heterocycles. The summed E-state index contributed by atoms with van der Waals surface area (Å²) in [6.07, 6.45) is 7.91. The lowest BCUT2D eigenvalue weighted by Gasteiger charge is -2.36. The number of carbonyl (C=O) groups is 1. The van der Waals surface area contributed by atoms with Crippen LogP contribution in [0.4, 0.5) is 0 Å². The predicted octanol–water partition coefficient (Wildman–Crippen LogP) is 2.84. The van der Waals surface area contributed by atoms with Crippen molar-refractivity contribution in [2.45, 2.75) is 71.8 Å². The van der Waals surface area contributed by atoms with Crippen LogP contribution in [0.15, 0.2) is 0 Å². The van der Waals surface area contributed by atoms with E-state index in [9.17, 15) is 4.79 Å². The van der Waals surface area contributed by atoms with Gasteiger partial charge in [0.15, 0.2) is 0 Å². The van der Waals surface area contributed by atoms with Gasteiger partial charge < -0.3 is 11.1 Å². The summed E-state index contributed by atoms with van der Waals surface area (Å²) < 4.78 is 0. The molecule has 1 saturated carbocycles. The minimum atomic E-state index is -0.527. The van der Waals surface area contributed by atoms with Crippen LogP contribution in [-0.2, 0) is 4.79 Å². The molecule has 0 aromatic rings. The van der Waals surface area contributed by atoms with Crippen LogP contribution in [0.2, 0.25) is 0 Å².